The van der Waals surface area contributed by atoms with Crippen molar-refractivity contribution >= 4 is 15.9 Å². The number of carbonyl (C=O) groups is 1. The minimum atomic E-state index is -3.88. The minimum absolute atomic E-state index is 0.0176. The lowest BCUT2D eigenvalue weighted by Crippen LogP contribution is -2.39. The van der Waals surface area contributed by atoms with Crippen LogP contribution in [-0.2, 0) is 14.8 Å². The van der Waals surface area contributed by atoms with Crippen molar-refractivity contribution in [3.8, 4) is 11.5 Å². The van der Waals surface area contributed by atoms with Gasteiger partial charge >= 0.3 is 0 Å². The monoisotopic (exact) mass is 432 g/mol. The maximum atomic E-state index is 12.7. The van der Waals surface area contributed by atoms with Gasteiger partial charge in [-0.25, -0.2) is 13.1 Å². The summed E-state index contributed by atoms with van der Waals surface area (Å²) < 4.78 is 38.7. The number of ether oxygens (including phenoxy) is 2. The Morgan fingerprint density at radius 2 is 1.70 bits per heavy atom. The van der Waals surface area contributed by atoms with Crippen LogP contribution in [0.4, 0.5) is 0 Å². The third kappa shape index (κ3) is 5.73. The number of sulfonamides is 1. The Hall–Kier alpha value is -2.58. The molecule has 30 heavy (non-hydrogen) atoms. The highest BCUT2D eigenvalue weighted by Crippen LogP contribution is 2.40. The molecule has 2 aromatic rings. The van der Waals surface area contributed by atoms with Gasteiger partial charge < -0.3 is 14.8 Å². The van der Waals surface area contributed by atoms with Gasteiger partial charge in [-0.1, -0.05) is 30.3 Å². The van der Waals surface area contributed by atoms with Gasteiger partial charge in [-0.3, -0.25) is 4.79 Å². The largest absolute Gasteiger partial charge is 0.490 e. The second kappa shape index (κ2) is 9.95. The molecule has 0 heterocycles. The lowest BCUT2D eigenvalue weighted by molar-refractivity contribution is -0.120. The first-order chi connectivity index (χ1) is 14.4. The molecule has 1 aliphatic rings. The molecule has 2 aromatic carbocycles. The molecular weight excluding hydrogens is 404 g/mol. The van der Waals surface area contributed by atoms with E-state index in [2.05, 4.69) is 10.0 Å². The Kier molecular flexibility index (Phi) is 7.33. The Balaban J connectivity index is 1.65. The first-order valence-corrected chi connectivity index (χ1v) is 11.7. The second-order valence-corrected chi connectivity index (χ2v) is 8.86. The van der Waals surface area contributed by atoms with E-state index in [-0.39, 0.29) is 23.4 Å². The topological polar surface area (TPSA) is 93.7 Å². The number of benzene rings is 2. The van der Waals surface area contributed by atoms with Crippen LogP contribution >= 0.6 is 0 Å². The molecular formula is C22H28N2O5S. The number of carbonyl (C=O) groups excluding carboxylic acids is 1. The van der Waals surface area contributed by atoms with Crippen LogP contribution in [-0.4, -0.2) is 34.1 Å². The zero-order chi connectivity index (χ0) is 21.6. The SMILES string of the molecule is CCOc1ccc(S(=O)(=O)NCC(=O)N[C@@H](c2ccccc2)C2CC2)cc1OCC. The van der Waals surface area contributed by atoms with Crippen LogP contribution < -0.4 is 19.5 Å². The van der Waals surface area contributed by atoms with E-state index in [4.69, 9.17) is 9.47 Å². The zero-order valence-electron chi connectivity index (χ0n) is 17.3. The molecule has 3 rings (SSSR count). The Bertz CT molecular complexity index is 959. The van der Waals surface area contributed by atoms with Crippen molar-refractivity contribution in [3.05, 3.63) is 54.1 Å². The standard InChI is InChI=1S/C22H28N2O5S/c1-3-28-19-13-12-18(14-20(19)29-4-2)30(26,27)23-15-21(25)24-22(17-10-11-17)16-8-6-5-7-9-16/h5-9,12-14,17,22-23H,3-4,10-11,15H2,1-2H3,(H,24,25)/t22-/m0/s1. The molecule has 0 spiro atoms. The average Bonchev–Trinajstić information content (AvgIpc) is 3.58. The minimum Gasteiger partial charge on any atom is -0.490 e. The van der Waals surface area contributed by atoms with Crippen LogP contribution in [0.5, 0.6) is 11.5 Å². The van der Waals surface area contributed by atoms with Crippen molar-refractivity contribution in [2.45, 2.75) is 37.6 Å². The van der Waals surface area contributed by atoms with Crippen molar-refractivity contribution in [2.24, 2.45) is 5.92 Å². The van der Waals surface area contributed by atoms with Crippen molar-refractivity contribution in [1.82, 2.24) is 10.0 Å². The highest BCUT2D eigenvalue weighted by Gasteiger charge is 2.33. The Labute approximate surface area is 177 Å². The molecule has 1 atom stereocenters. The average molecular weight is 433 g/mol. The van der Waals surface area contributed by atoms with Crippen LogP contribution in [0, 0.1) is 5.92 Å². The lowest BCUT2D eigenvalue weighted by Gasteiger charge is -2.19. The van der Waals surface area contributed by atoms with Crippen LogP contribution in [0.1, 0.15) is 38.3 Å². The third-order valence-corrected chi connectivity index (χ3v) is 6.22. The van der Waals surface area contributed by atoms with Crippen LogP contribution in [0.15, 0.2) is 53.4 Å². The predicted octanol–water partition coefficient (Wildman–Crippen LogP) is 3.03. The summed E-state index contributed by atoms with van der Waals surface area (Å²) in [7, 11) is -3.88. The molecule has 7 nitrogen and oxygen atoms in total. The fraction of sp³-hybridized carbons (Fsp3) is 0.409. The van der Waals surface area contributed by atoms with E-state index in [9.17, 15) is 13.2 Å². The lowest BCUT2D eigenvalue weighted by atomic mass is 10.0. The van der Waals surface area contributed by atoms with Gasteiger partial charge in [0.2, 0.25) is 15.9 Å². The van der Waals surface area contributed by atoms with Gasteiger partial charge in [0.15, 0.2) is 11.5 Å². The fourth-order valence-corrected chi connectivity index (χ4v) is 4.23. The molecule has 0 bridgehead atoms. The summed E-state index contributed by atoms with van der Waals surface area (Å²) in [5, 5.41) is 2.97. The van der Waals surface area contributed by atoms with E-state index in [0.29, 0.717) is 30.6 Å². The second-order valence-electron chi connectivity index (χ2n) is 7.09. The number of hydrogen-bond donors (Lipinski definition) is 2. The van der Waals surface area contributed by atoms with Gasteiger partial charge in [-0.15, -0.1) is 0 Å². The van der Waals surface area contributed by atoms with E-state index >= 15 is 0 Å². The Morgan fingerprint density at radius 1 is 1.03 bits per heavy atom. The van der Waals surface area contributed by atoms with E-state index in [1.54, 1.807) is 6.07 Å². The first kappa shape index (κ1) is 22.1. The van der Waals surface area contributed by atoms with Crippen LogP contribution in [0.25, 0.3) is 0 Å². The van der Waals surface area contributed by atoms with Gasteiger partial charge in [-0.05, 0) is 50.3 Å². The quantitative estimate of drug-likeness (QED) is 0.569. The van der Waals surface area contributed by atoms with Gasteiger partial charge in [0.05, 0.1) is 30.7 Å². The summed E-state index contributed by atoms with van der Waals surface area (Å²) in [5.41, 5.74) is 1.03. The summed E-state index contributed by atoms with van der Waals surface area (Å²) in [6, 6.07) is 14.0. The summed E-state index contributed by atoms with van der Waals surface area (Å²) in [5.74, 6) is 0.860. The number of hydrogen-bond acceptors (Lipinski definition) is 5. The molecule has 1 saturated carbocycles. The highest BCUT2D eigenvalue weighted by molar-refractivity contribution is 7.89. The predicted molar refractivity (Wildman–Crippen MR) is 114 cm³/mol. The third-order valence-electron chi connectivity index (χ3n) is 4.82. The number of nitrogens with one attached hydrogen (secondary N) is 2. The van der Waals surface area contributed by atoms with Gasteiger partial charge in [0, 0.05) is 6.07 Å². The normalized spacial score (nSPS) is 14.7. The smallest absolute Gasteiger partial charge is 0.241 e. The molecule has 1 aliphatic carbocycles. The summed E-state index contributed by atoms with van der Waals surface area (Å²) >= 11 is 0. The van der Waals surface area contributed by atoms with E-state index < -0.39 is 10.0 Å². The van der Waals surface area contributed by atoms with Crippen molar-refractivity contribution in [1.29, 1.82) is 0 Å². The maximum Gasteiger partial charge on any atom is 0.241 e. The van der Waals surface area contributed by atoms with Gasteiger partial charge in [-0.2, -0.15) is 0 Å². The molecule has 162 valence electrons. The van der Waals surface area contributed by atoms with Crippen molar-refractivity contribution in [3.63, 3.8) is 0 Å². The molecule has 1 amide bonds. The van der Waals surface area contributed by atoms with Crippen molar-refractivity contribution < 1.29 is 22.7 Å². The van der Waals surface area contributed by atoms with Crippen molar-refractivity contribution in [2.75, 3.05) is 19.8 Å². The highest BCUT2D eigenvalue weighted by atomic mass is 32.2. The Morgan fingerprint density at radius 3 is 2.33 bits per heavy atom. The van der Waals surface area contributed by atoms with Gasteiger partial charge in [0.25, 0.3) is 0 Å². The molecule has 0 saturated heterocycles. The van der Waals surface area contributed by atoms with E-state index in [1.165, 1.54) is 12.1 Å². The molecule has 1 fully saturated rings. The molecule has 0 unspecified atom stereocenters. The van der Waals surface area contributed by atoms with E-state index in [1.807, 2.05) is 44.2 Å². The van der Waals surface area contributed by atoms with Gasteiger partial charge in [0.1, 0.15) is 0 Å². The molecule has 8 heteroatoms. The fourth-order valence-electron chi connectivity index (χ4n) is 3.23. The van der Waals surface area contributed by atoms with E-state index in [0.717, 1.165) is 18.4 Å². The molecule has 2 N–H and O–H groups in total. The number of amides is 1. The first-order valence-electron chi connectivity index (χ1n) is 10.2. The number of rotatable bonds is 11. The summed E-state index contributed by atoms with van der Waals surface area (Å²) in [4.78, 5) is 12.5. The maximum absolute atomic E-state index is 12.7. The molecule has 0 aliphatic heterocycles. The summed E-state index contributed by atoms with van der Waals surface area (Å²) in [6.45, 7) is 4.12. The molecule has 0 aromatic heterocycles. The van der Waals surface area contributed by atoms with Crippen LogP contribution in [0.2, 0.25) is 0 Å². The zero-order valence-corrected chi connectivity index (χ0v) is 18.1. The molecule has 0 radical (unpaired) electrons. The van der Waals surface area contributed by atoms with Crippen LogP contribution in [0.3, 0.4) is 0 Å². The summed E-state index contributed by atoms with van der Waals surface area (Å²) in [6.07, 6.45) is 2.11.